The first-order valence-corrected chi connectivity index (χ1v) is 7.25. The molecule has 1 aromatic carbocycles. The van der Waals surface area contributed by atoms with Crippen LogP contribution in [0.25, 0.3) is 0 Å². The minimum Gasteiger partial charge on any atom is -0.324 e. The van der Waals surface area contributed by atoms with Gasteiger partial charge in [0.15, 0.2) is 0 Å². The average molecular weight is 264 g/mol. The Morgan fingerprint density at radius 2 is 2.22 bits per heavy atom. The number of carbonyl (C=O) groups excluding carboxylic acids is 1. The van der Waals surface area contributed by atoms with Gasteiger partial charge >= 0.3 is 0 Å². The van der Waals surface area contributed by atoms with Crippen molar-refractivity contribution in [1.82, 2.24) is 10.2 Å². The van der Waals surface area contributed by atoms with Gasteiger partial charge in [-0.15, -0.1) is 11.8 Å². The highest BCUT2D eigenvalue weighted by Gasteiger charge is 2.37. The van der Waals surface area contributed by atoms with E-state index in [1.165, 1.54) is 11.1 Å². The van der Waals surface area contributed by atoms with Crippen LogP contribution in [0.4, 0.5) is 0 Å². The molecule has 1 aromatic rings. The first kappa shape index (κ1) is 13.4. The van der Waals surface area contributed by atoms with Gasteiger partial charge in [0, 0.05) is 13.1 Å². The Morgan fingerprint density at radius 1 is 1.44 bits per heavy atom. The molecule has 0 bridgehead atoms. The first-order valence-electron chi connectivity index (χ1n) is 6.30. The van der Waals surface area contributed by atoms with E-state index in [1.807, 2.05) is 18.9 Å². The largest absolute Gasteiger partial charge is 0.324 e. The zero-order chi connectivity index (χ0) is 13.1. The summed E-state index contributed by atoms with van der Waals surface area (Å²) in [6, 6.07) is 8.44. The summed E-state index contributed by atoms with van der Waals surface area (Å²) in [5.41, 5.74) is 2.47. The van der Waals surface area contributed by atoms with E-state index >= 15 is 0 Å². The molecule has 98 valence electrons. The fourth-order valence-corrected chi connectivity index (χ4v) is 3.51. The molecule has 1 heterocycles. The van der Waals surface area contributed by atoms with Gasteiger partial charge in [-0.3, -0.25) is 4.79 Å². The number of amides is 1. The summed E-state index contributed by atoms with van der Waals surface area (Å²) in [5, 5.41) is 3.34. The molecule has 2 unspecified atom stereocenters. The Hall–Kier alpha value is -1.00. The van der Waals surface area contributed by atoms with Crippen LogP contribution in [0.3, 0.4) is 0 Å². The third-order valence-electron chi connectivity index (χ3n) is 3.18. The molecule has 2 atom stereocenters. The number of nitrogens with zero attached hydrogens (tertiary/aromatic N) is 1. The fourth-order valence-electron chi connectivity index (χ4n) is 2.22. The van der Waals surface area contributed by atoms with Gasteiger partial charge in [-0.25, -0.2) is 0 Å². The highest BCUT2D eigenvalue weighted by molar-refractivity contribution is 8.01. The highest BCUT2D eigenvalue weighted by Crippen LogP contribution is 2.42. The standard InChI is InChI=1S/C14H20N2OS/c1-10-5-4-6-12(9-10)14-16(8-7-15-3)13(17)11(2)18-14/h4-6,9,11,14-15H,7-8H2,1-3H3. The van der Waals surface area contributed by atoms with E-state index in [-0.39, 0.29) is 16.5 Å². The van der Waals surface area contributed by atoms with E-state index in [0.29, 0.717) is 0 Å². The molecule has 0 radical (unpaired) electrons. The van der Waals surface area contributed by atoms with Crippen molar-refractivity contribution in [3.8, 4) is 0 Å². The Bertz CT molecular complexity index is 436. The van der Waals surface area contributed by atoms with Crippen molar-refractivity contribution in [2.45, 2.75) is 24.5 Å². The van der Waals surface area contributed by atoms with Crippen LogP contribution in [0.1, 0.15) is 23.4 Å². The van der Waals surface area contributed by atoms with Crippen molar-refractivity contribution in [3.63, 3.8) is 0 Å². The van der Waals surface area contributed by atoms with Crippen LogP contribution >= 0.6 is 11.8 Å². The Morgan fingerprint density at radius 3 is 2.89 bits per heavy atom. The second kappa shape index (κ2) is 5.76. The van der Waals surface area contributed by atoms with E-state index in [0.717, 1.165) is 13.1 Å². The summed E-state index contributed by atoms with van der Waals surface area (Å²) in [7, 11) is 1.92. The predicted octanol–water partition coefficient (Wildman–Crippen LogP) is 2.18. The minimum atomic E-state index is 0.0624. The number of rotatable bonds is 4. The smallest absolute Gasteiger partial charge is 0.236 e. The molecule has 1 fully saturated rings. The van der Waals surface area contributed by atoms with E-state index in [9.17, 15) is 4.79 Å². The number of hydrogen-bond acceptors (Lipinski definition) is 3. The van der Waals surface area contributed by atoms with Crippen molar-refractivity contribution in [3.05, 3.63) is 35.4 Å². The van der Waals surface area contributed by atoms with Gasteiger partial charge in [0.2, 0.25) is 5.91 Å². The first-order chi connectivity index (χ1) is 8.63. The van der Waals surface area contributed by atoms with E-state index in [4.69, 9.17) is 0 Å². The van der Waals surface area contributed by atoms with Crippen LogP contribution in [0.2, 0.25) is 0 Å². The molecule has 3 nitrogen and oxygen atoms in total. The Labute approximate surface area is 113 Å². The highest BCUT2D eigenvalue weighted by atomic mass is 32.2. The van der Waals surface area contributed by atoms with Crippen molar-refractivity contribution < 1.29 is 4.79 Å². The third kappa shape index (κ3) is 2.70. The van der Waals surface area contributed by atoms with Crippen molar-refractivity contribution in [1.29, 1.82) is 0 Å². The molecule has 1 aliphatic rings. The van der Waals surface area contributed by atoms with E-state index < -0.39 is 0 Å². The van der Waals surface area contributed by atoms with Crippen LogP contribution in [0, 0.1) is 6.92 Å². The molecular weight excluding hydrogens is 244 g/mol. The Kier molecular flexibility index (Phi) is 4.30. The molecule has 0 saturated carbocycles. The van der Waals surface area contributed by atoms with Gasteiger partial charge in [-0.1, -0.05) is 29.8 Å². The van der Waals surface area contributed by atoms with Crippen molar-refractivity contribution in [2.24, 2.45) is 0 Å². The maximum atomic E-state index is 12.2. The Balaban J connectivity index is 2.22. The van der Waals surface area contributed by atoms with Gasteiger partial charge in [0.1, 0.15) is 5.37 Å². The minimum absolute atomic E-state index is 0.0624. The maximum absolute atomic E-state index is 12.2. The number of aryl methyl sites for hydroxylation is 1. The summed E-state index contributed by atoms with van der Waals surface area (Å²) >= 11 is 1.74. The van der Waals surface area contributed by atoms with Gasteiger partial charge in [-0.2, -0.15) is 0 Å². The molecule has 1 aliphatic heterocycles. The summed E-state index contributed by atoms with van der Waals surface area (Å²) < 4.78 is 0. The normalized spacial score (nSPS) is 23.7. The van der Waals surface area contributed by atoms with Crippen LogP contribution in [0.15, 0.2) is 24.3 Å². The molecule has 18 heavy (non-hydrogen) atoms. The monoisotopic (exact) mass is 264 g/mol. The van der Waals surface area contributed by atoms with Gasteiger partial charge in [-0.05, 0) is 26.5 Å². The summed E-state index contributed by atoms with van der Waals surface area (Å²) in [6.07, 6.45) is 0. The zero-order valence-electron chi connectivity index (χ0n) is 11.1. The van der Waals surface area contributed by atoms with Gasteiger partial charge in [0.05, 0.1) is 5.25 Å². The molecule has 1 N–H and O–H groups in total. The van der Waals surface area contributed by atoms with Crippen molar-refractivity contribution >= 4 is 17.7 Å². The van der Waals surface area contributed by atoms with E-state index in [1.54, 1.807) is 11.8 Å². The quantitative estimate of drug-likeness (QED) is 0.904. The number of hydrogen-bond donors (Lipinski definition) is 1. The maximum Gasteiger partial charge on any atom is 0.236 e. The lowest BCUT2D eigenvalue weighted by atomic mass is 10.1. The third-order valence-corrected chi connectivity index (χ3v) is 4.57. The summed E-state index contributed by atoms with van der Waals surface area (Å²) in [6.45, 7) is 5.69. The fraction of sp³-hybridized carbons (Fsp3) is 0.500. The zero-order valence-corrected chi connectivity index (χ0v) is 12.0. The van der Waals surface area contributed by atoms with Crippen LogP contribution in [0.5, 0.6) is 0 Å². The molecule has 1 saturated heterocycles. The molecule has 2 rings (SSSR count). The van der Waals surface area contributed by atoms with Crippen LogP contribution in [-0.2, 0) is 4.79 Å². The molecule has 4 heteroatoms. The van der Waals surface area contributed by atoms with Crippen molar-refractivity contribution in [2.75, 3.05) is 20.1 Å². The second-order valence-electron chi connectivity index (χ2n) is 4.68. The van der Waals surface area contributed by atoms with Crippen LogP contribution < -0.4 is 5.32 Å². The van der Waals surface area contributed by atoms with Crippen LogP contribution in [-0.4, -0.2) is 36.2 Å². The molecule has 0 spiro atoms. The number of thioether (sulfide) groups is 1. The molecule has 0 aliphatic carbocycles. The SMILES string of the molecule is CNCCN1C(=O)C(C)SC1c1cccc(C)c1. The second-order valence-corrected chi connectivity index (χ2v) is 6.11. The lowest BCUT2D eigenvalue weighted by Crippen LogP contribution is -2.35. The number of benzene rings is 1. The average Bonchev–Trinajstić information content (AvgIpc) is 2.64. The topological polar surface area (TPSA) is 32.3 Å². The van der Waals surface area contributed by atoms with Gasteiger partial charge < -0.3 is 10.2 Å². The van der Waals surface area contributed by atoms with Gasteiger partial charge in [0.25, 0.3) is 0 Å². The number of nitrogens with one attached hydrogen (secondary N) is 1. The van der Waals surface area contributed by atoms with E-state index in [2.05, 4.69) is 36.5 Å². The molecular formula is C14H20N2OS. The summed E-state index contributed by atoms with van der Waals surface area (Å²) in [4.78, 5) is 14.1. The lowest BCUT2D eigenvalue weighted by molar-refractivity contribution is -0.129. The summed E-state index contributed by atoms with van der Waals surface area (Å²) in [5.74, 6) is 0.252. The predicted molar refractivity (Wildman–Crippen MR) is 76.6 cm³/mol. The number of likely N-dealkylation sites (N-methyl/N-ethyl adjacent to an activating group) is 1. The molecule has 1 amide bonds. The lowest BCUT2D eigenvalue weighted by Gasteiger charge is -2.24. The molecule has 0 aromatic heterocycles. The number of carbonyl (C=O) groups is 1.